The first-order valence-electron chi connectivity index (χ1n) is 7.34. The molecule has 1 aliphatic carbocycles. The highest BCUT2D eigenvalue weighted by Crippen LogP contribution is 2.35. The van der Waals surface area contributed by atoms with Crippen molar-refractivity contribution in [3.05, 3.63) is 24.2 Å². The van der Waals surface area contributed by atoms with Gasteiger partial charge in [-0.3, -0.25) is 11.3 Å². The summed E-state index contributed by atoms with van der Waals surface area (Å²) in [7, 11) is 4.37. The van der Waals surface area contributed by atoms with Crippen molar-refractivity contribution in [2.75, 3.05) is 14.1 Å². The molecule has 1 atom stereocenters. The molecule has 2 rings (SSSR count). The summed E-state index contributed by atoms with van der Waals surface area (Å²) < 4.78 is 5.18. The van der Waals surface area contributed by atoms with Gasteiger partial charge in [0.25, 0.3) is 0 Å². The quantitative estimate of drug-likeness (QED) is 0.487. The van der Waals surface area contributed by atoms with Crippen molar-refractivity contribution in [1.29, 1.82) is 0 Å². The molecule has 19 heavy (non-hydrogen) atoms. The summed E-state index contributed by atoms with van der Waals surface area (Å²) in [6, 6.07) is 2.29. The van der Waals surface area contributed by atoms with Crippen molar-refractivity contribution in [3.63, 3.8) is 0 Å². The molecule has 4 nitrogen and oxygen atoms in total. The lowest BCUT2D eigenvalue weighted by Gasteiger charge is -2.45. The molecule has 3 N–H and O–H groups in total. The fourth-order valence-electron chi connectivity index (χ4n) is 3.50. The Kier molecular flexibility index (Phi) is 5.02. The molecule has 108 valence electrons. The summed E-state index contributed by atoms with van der Waals surface area (Å²) in [5, 5.41) is 0. The van der Waals surface area contributed by atoms with E-state index in [4.69, 9.17) is 10.3 Å². The lowest BCUT2D eigenvalue weighted by Crippen LogP contribution is -2.61. The van der Waals surface area contributed by atoms with Crippen LogP contribution in [0.5, 0.6) is 0 Å². The highest BCUT2D eigenvalue weighted by atomic mass is 16.3. The Hall–Kier alpha value is -0.840. The van der Waals surface area contributed by atoms with Gasteiger partial charge in [0.2, 0.25) is 0 Å². The van der Waals surface area contributed by atoms with E-state index in [2.05, 4.69) is 24.4 Å². The number of likely N-dealkylation sites (N-methyl/N-ethyl adjacent to an activating group) is 1. The molecule has 1 aromatic rings. The molecule has 0 saturated heterocycles. The largest absolute Gasteiger partial charge is 0.472 e. The Morgan fingerprint density at radius 2 is 2.00 bits per heavy atom. The number of hydrazine groups is 1. The van der Waals surface area contributed by atoms with Crippen LogP contribution in [0.3, 0.4) is 0 Å². The van der Waals surface area contributed by atoms with Gasteiger partial charge >= 0.3 is 0 Å². The van der Waals surface area contributed by atoms with Gasteiger partial charge in [-0.2, -0.15) is 0 Å². The normalized spacial score (nSPS) is 21.3. The number of rotatable bonds is 5. The lowest BCUT2D eigenvalue weighted by atomic mass is 9.79. The molecular formula is C15H27N3O. The van der Waals surface area contributed by atoms with Crippen LogP contribution in [0, 0.1) is 0 Å². The third-order valence-electron chi connectivity index (χ3n) is 4.73. The van der Waals surface area contributed by atoms with Gasteiger partial charge in [0.1, 0.15) is 0 Å². The second-order valence-electron chi connectivity index (χ2n) is 5.97. The summed E-state index contributed by atoms with van der Waals surface area (Å²) in [6.45, 7) is 0. The molecule has 1 aliphatic rings. The van der Waals surface area contributed by atoms with Crippen molar-refractivity contribution in [3.8, 4) is 0 Å². The van der Waals surface area contributed by atoms with Gasteiger partial charge in [0, 0.05) is 11.6 Å². The number of hydrogen-bond acceptors (Lipinski definition) is 4. The lowest BCUT2D eigenvalue weighted by molar-refractivity contribution is 0.0801. The Labute approximate surface area is 116 Å². The molecule has 1 heterocycles. The van der Waals surface area contributed by atoms with Crippen LogP contribution in [0.25, 0.3) is 0 Å². The van der Waals surface area contributed by atoms with Gasteiger partial charge in [0.15, 0.2) is 0 Å². The first kappa shape index (κ1) is 14.6. The van der Waals surface area contributed by atoms with Gasteiger partial charge in [-0.1, -0.05) is 25.7 Å². The molecule has 0 bridgehead atoms. The van der Waals surface area contributed by atoms with Crippen LogP contribution in [0.4, 0.5) is 0 Å². The van der Waals surface area contributed by atoms with Crippen molar-refractivity contribution >= 4 is 0 Å². The second kappa shape index (κ2) is 6.55. The molecule has 0 radical (unpaired) electrons. The van der Waals surface area contributed by atoms with Crippen LogP contribution in [-0.2, 0) is 6.42 Å². The Morgan fingerprint density at radius 1 is 1.32 bits per heavy atom. The summed E-state index contributed by atoms with van der Waals surface area (Å²) in [5.41, 5.74) is 4.45. The van der Waals surface area contributed by atoms with Crippen molar-refractivity contribution < 1.29 is 4.42 Å². The smallest absolute Gasteiger partial charge is 0.0935 e. The maximum Gasteiger partial charge on any atom is 0.0935 e. The molecule has 0 aliphatic heterocycles. The first-order valence-corrected chi connectivity index (χ1v) is 7.34. The maximum absolute atomic E-state index is 5.89. The molecule has 1 saturated carbocycles. The topological polar surface area (TPSA) is 54.4 Å². The minimum Gasteiger partial charge on any atom is -0.472 e. The number of furan rings is 1. The third-order valence-corrected chi connectivity index (χ3v) is 4.73. The van der Waals surface area contributed by atoms with Crippen LogP contribution < -0.4 is 11.3 Å². The molecule has 1 fully saturated rings. The average Bonchev–Trinajstić information content (AvgIpc) is 2.78. The van der Waals surface area contributed by atoms with E-state index in [-0.39, 0.29) is 11.6 Å². The zero-order valence-electron chi connectivity index (χ0n) is 12.2. The monoisotopic (exact) mass is 265 g/mol. The van der Waals surface area contributed by atoms with Crippen molar-refractivity contribution in [2.24, 2.45) is 5.84 Å². The van der Waals surface area contributed by atoms with Crippen LogP contribution in [0.2, 0.25) is 0 Å². The first-order chi connectivity index (χ1) is 9.19. The Morgan fingerprint density at radius 3 is 2.47 bits per heavy atom. The summed E-state index contributed by atoms with van der Waals surface area (Å²) in [5.74, 6) is 5.89. The molecular weight excluding hydrogens is 238 g/mol. The summed E-state index contributed by atoms with van der Waals surface area (Å²) in [6.07, 6.45) is 12.2. The van der Waals surface area contributed by atoms with Gasteiger partial charge in [-0.05, 0) is 45.0 Å². The van der Waals surface area contributed by atoms with Crippen LogP contribution in [0.15, 0.2) is 23.0 Å². The number of nitrogens with one attached hydrogen (secondary N) is 1. The van der Waals surface area contributed by atoms with E-state index in [1.807, 2.05) is 12.3 Å². The minimum absolute atomic E-state index is 0.155. The predicted molar refractivity (Wildman–Crippen MR) is 77.6 cm³/mol. The zero-order valence-corrected chi connectivity index (χ0v) is 12.2. The van der Waals surface area contributed by atoms with Gasteiger partial charge < -0.3 is 9.32 Å². The van der Waals surface area contributed by atoms with E-state index in [0.29, 0.717) is 0 Å². The maximum atomic E-state index is 5.89. The second-order valence-corrected chi connectivity index (χ2v) is 5.97. The number of hydrogen-bond donors (Lipinski definition) is 2. The number of nitrogens with two attached hydrogens (primary N) is 1. The Bertz CT molecular complexity index is 353. The fourth-order valence-corrected chi connectivity index (χ4v) is 3.50. The Balaban J connectivity index is 2.18. The van der Waals surface area contributed by atoms with Gasteiger partial charge in [-0.25, -0.2) is 0 Å². The van der Waals surface area contributed by atoms with E-state index in [1.165, 1.54) is 44.1 Å². The molecule has 0 amide bonds. The van der Waals surface area contributed by atoms with Crippen molar-refractivity contribution in [2.45, 2.75) is 56.5 Å². The predicted octanol–water partition coefficient (Wildman–Crippen LogP) is 2.31. The van der Waals surface area contributed by atoms with E-state index in [1.54, 1.807) is 6.26 Å². The molecule has 0 spiro atoms. The zero-order chi connectivity index (χ0) is 13.7. The van der Waals surface area contributed by atoms with E-state index in [9.17, 15) is 0 Å². The van der Waals surface area contributed by atoms with E-state index >= 15 is 0 Å². The number of nitrogens with zero attached hydrogens (tertiary/aromatic N) is 1. The molecule has 1 unspecified atom stereocenters. The van der Waals surface area contributed by atoms with E-state index < -0.39 is 0 Å². The van der Waals surface area contributed by atoms with Crippen LogP contribution >= 0.6 is 0 Å². The third kappa shape index (κ3) is 3.19. The van der Waals surface area contributed by atoms with Crippen LogP contribution in [0.1, 0.15) is 44.1 Å². The molecule has 0 aromatic carbocycles. The van der Waals surface area contributed by atoms with Gasteiger partial charge in [-0.15, -0.1) is 0 Å². The van der Waals surface area contributed by atoms with Crippen LogP contribution in [-0.4, -0.2) is 30.6 Å². The molecule has 4 heteroatoms. The fraction of sp³-hybridized carbons (Fsp3) is 0.733. The average molecular weight is 265 g/mol. The summed E-state index contributed by atoms with van der Waals surface area (Å²) in [4.78, 5) is 2.38. The van der Waals surface area contributed by atoms with E-state index in [0.717, 1.165) is 6.42 Å². The highest BCUT2D eigenvalue weighted by molar-refractivity contribution is 5.12. The minimum atomic E-state index is 0.155. The SMILES string of the molecule is CN(C)C1(C(Cc2ccoc2)NN)CCCCCC1. The summed E-state index contributed by atoms with van der Waals surface area (Å²) >= 11 is 0. The van der Waals surface area contributed by atoms with Gasteiger partial charge in [0.05, 0.1) is 12.5 Å². The molecule has 1 aromatic heterocycles. The van der Waals surface area contributed by atoms with Crippen molar-refractivity contribution in [1.82, 2.24) is 10.3 Å². The highest BCUT2D eigenvalue weighted by Gasteiger charge is 2.40. The standard InChI is InChI=1S/C15H27N3O/c1-18(2)15(8-5-3-4-6-9-15)14(17-16)11-13-7-10-19-12-13/h7,10,12,14,17H,3-6,8-9,11,16H2,1-2H3.